The van der Waals surface area contributed by atoms with Crippen LogP contribution in [-0.4, -0.2) is 24.5 Å². The highest BCUT2D eigenvalue weighted by Crippen LogP contribution is 2.43. The van der Waals surface area contributed by atoms with Crippen molar-refractivity contribution >= 4 is 21.8 Å². The minimum atomic E-state index is 0.431. The molecule has 0 fully saturated rings. The molecule has 6 nitrogen and oxygen atoms in total. The van der Waals surface area contributed by atoms with Gasteiger partial charge in [-0.05, 0) is 60.0 Å². The molecule has 0 saturated heterocycles. The number of nitriles is 1. The van der Waals surface area contributed by atoms with E-state index in [0.29, 0.717) is 28.3 Å². The summed E-state index contributed by atoms with van der Waals surface area (Å²) in [5.41, 5.74) is 14.8. The molecule has 0 aliphatic heterocycles. The maximum absolute atomic E-state index is 10.9. The number of rotatable bonds is 8. The molecular formula is C58H38N6. The fourth-order valence-electron chi connectivity index (χ4n) is 8.72. The van der Waals surface area contributed by atoms with Gasteiger partial charge in [-0.3, -0.25) is 0 Å². The molecular weight excluding hydrogens is 781 g/mol. The van der Waals surface area contributed by atoms with E-state index in [1.54, 1.807) is 0 Å². The maximum atomic E-state index is 10.9. The normalized spacial score (nSPS) is 11.2. The van der Waals surface area contributed by atoms with Crippen LogP contribution in [0.1, 0.15) is 11.1 Å². The molecule has 0 N–H and O–H groups in total. The van der Waals surface area contributed by atoms with Gasteiger partial charge in [0.25, 0.3) is 0 Å². The van der Waals surface area contributed by atoms with E-state index in [1.807, 2.05) is 97.1 Å². The Morgan fingerprint density at radius 2 is 0.797 bits per heavy atom. The van der Waals surface area contributed by atoms with Crippen LogP contribution in [0.15, 0.2) is 212 Å². The van der Waals surface area contributed by atoms with Crippen molar-refractivity contribution in [2.45, 2.75) is 6.92 Å². The molecule has 6 heteroatoms. The zero-order chi connectivity index (χ0) is 43.0. The molecule has 0 radical (unpaired) electrons. The lowest BCUT2D eigenvalue weighted by molar-refractivity contribution is 1.12. The zero-order valence-corrected chi connectivity index (χ0v) is 34.9. The molecule has 11 aromatic rings. The number of benzene rings is 8. The third-order valence-electron chi connectivity index (χ3n) is 11.8. The van der Waals surface area contributed by atoms with Crippen LogP contribution < -0.4 is 0 Å². The summed E-state index contributed by atoms with van der Waals surface area (Å²) in [7, 11) is 0. The summed E-state index contributed by atoms with van der Waals surface area (Å²) in [5.74, 6) is 0.939. The number of nitrogens with zero attached hydrogens (tertiary/aromatic N) is 6. The predicted octanol–water partition coefficient (Wildman–Crippen LogP) is 14.2. The molecule has 0 aliphatic rings. The van der Waals surface area contributed by atoms with Crippen molar-refractivity contribution in [3.63, 3.8) is 0 Å². The summed E-state index contributed by atoms with van der Waals surface area (Å²) in [6, 6.07) is 74.7. The molecule has 3 aromatic heterocycles. The highest BCUT2D eigenvalue weighted by molar-refractivity contribution is 6.11. The quantitative estimate of drug-likeness (QED) is 0.153. The number of hydrogen-bond donors (Lipinski definition) is 0. The van der Waals surface area contributed by atoms with Gasteiger partial charge in [0.2, 0.25) is 0 Å². The average molecular weight is 819 g/mol. The smallest absolute Gasteiger partial charge is 0.162 e. The Morgan fingerprint density at radius 3 is 1.27 bits per heavy atom. The van der Waals surface area contributed by atoms with Gasteiger partial charge >= 0.3 is 0 Å². The molecule has 3 heterocycles. The summed E-state index contributed by atoms with van der Waals surface area (Å²) in [4.78, 5) is 21.5. The van der Waals surface area contributed by atoms with Crippen molar-refractivity contribution in [3.05, 3.63) is 223 Å². The van der Waals surface area contributed by atoms with Crippen LogP contribution in [-0.2, 0) is 0 Å². The first-order chi connectivity index (χ1) is 31.6. The van der Waals surface area contributed by atoms with Gasteiger partial charge in [0, 0.05) is 44.2 Å². The fraction of sp³-hybridized carbons (Fsp3) is 0.0172. The van der Waals surface area contributed by atoms with E-state index < -0.39 is 0 Å². The zero-order valence-electron chi connectivity index (χ0n) is 34.9. The van der Waals surface area contributed by atoms with E-state index in [-0.39, 0.29) is 0 Å². The van der Waals surface area contributed by atoms with Crippen LogP contribution >= 0.6 is 0 Å². The molecule has 0 amide bonds. The molecule has 0 unspecified atom stereocenters. The lowest BCUT2D eigenvalue weighted by Crippen LogP contribution is -2.06. The topological polar surface area (TPSA) is 80.3 Å². The van der Waals surface area contributed by atoms with E-state index in [1.165, 1.54) is 5.56 Å². The molecule has 0 spiro atoms. The lowest BCUT2D eigenvalue weighted by atomic mass is 9.98. The number of aryl methyl sites for hydroxylation is 1. The monoisotopic (exact) mass is 818 g/mol. The fourth-order valence-corrected chi connectivity index (χ4v) is 8.72. The number of fused-ring (bicyclic) bond motifs is 3. The number of para-hydroxylation sites is 1. The van der Waals surface area contributed by atoms with Gasteiger partial charge in [0.15, 0.2) is 11.6 Å². The van der Waals surface area contributed by atoms with Gasteiger partial charge in [0.1, 0.15) is 0 Å². The standard InChI is InChI=1S/C58H38N6/c1-38-18-14-15-27-45(38)44-30-31-47-46-28-16-17-29-54(46)64(55(47)34-44)56-48(57-60-50(40-19-6-2-7-20-40)35-51(61-57)41-21-8-3-9-22-41)32-39(37-59)33-49(56)58-62-52(42-23-10-4-11-24-42)36-53(63-58)43-25-12-5-13-26-43/h2-36H,1H3. The molecule has 11 rings (SSSR count). The van der Waals surface area contributed by atoms with Crippen LogP contribution in [0.5, 0.6) is 0 Å². The van der Waals surface area contributed by atoms with E-state index in [9.17, 15) is 5.26 Å². The van der Waals surface area contributed by atoms with Crippen LogP contribution in [0.4, 0.5) is 0 Å². The van der Waals surface area contributed by atoms with Crippen molar-refractivity contribution in [2.24, 2.45) is 0 Å². The summed E-state index contributed by atoms with van der Waals surface area (Å²) in [6.07, 6.45) is 0. The van der Waals surface area contributed by atoms with Crippen LogP contribution in [0.25, 0.3) is 106 Å². The van der Waals surface area contributed by atoms with Crippen molar-refractivity contribution in [2.75, 3.05) is 0 Å². The van der Waals surface area contributed by atoms with Crippen molar-refractivity contribution in [1.29, 1.82) is 5.26 Å². The Kier molecular flexibility index (Phi) is 9.68. The summed E-state index contributed by atoms with van der Waals surface area (Å²) in [5, 5.41) is 13.1. The van der Waals surface area contributed by atoms with Gasteiger partial charge in [-0.1, -0.05) is 176 Å². The third kappa shape index (κ3) is 6.97. The Hall–Kier alpha value is -8.79. The highest BCUT2D eigenvalue weighted by atomic mass is 15.0. The molecule has 300 valence electrons. The Bertz CT molecular complexity index is 3290. The van der Waals surface area contributed by atoms with Gasteiger partial charge in [-0.25, -0.2) is 19.9 Å². The van der Waals surface area contributed by atoms with Gasteiger partial charge in [-0.2, -0.15) is 5.26 Å². The molecule has 8 aromatic carbocycles. The number of aromatic nitrogens is 5. The Morgan fingerprint density at radius 1 is 0.375 bits per heavy atom. The Balaban J connectivity index is 1.30. The van der Waals surface area contributed by atoms with E-state index in [4.69, 9.17) is 19.9 Å². The van der Waals surface area contributed by atoms with E-state index in [0.717, 1.165) is 83.6 Å². The van der Waals surface area contributed by atoms with Gasteiger partial charge in [-0.15, -0.1) is 0 Å². The summed E-state index contributed by atoms with van der Waals surface area (Å²) < 4.78 is 2.31. The second-order valence-electron chi connectivity index (χ2n) is 15.8. The first-order valence-electron chi connectivity index (χ1n) is 21.3. The predicted molar refractivity (Wildman–Crippen MR) is 259 cm³/mol. The van der Waals surface area contributed by atoms with Crippen LogP contribution in [0, 0.1) is 18.3 Å². The molecule has 64 heavy (non-hydrogen) atoms. The summed E-state index contributed by atoms with van der Waals surface area (Å²) in [6.45, 7) is 2.15. The Labute approximate surface area is 371 Å². The summed E-state index contributed by atoms with van der Waals surface area (Å²) >= 11 is 0. The van der Waals surface area contributed by atoms with E-state index >= 15 is 0 Å². The van der Waals surface area contributed by atoms with Crippen LogP contribution in [0.3, 0.4) is 0 Å². The second kappa shape index (κ2) is 16.2. The minimum absolute atomic E-state index is 0.431. The largest absolute Gasteiger partial charge is 0.308 e. The van der Waals surface area contributed by atoms with Crippen molar-refractivity contribution < 1.29 is 0 Å². The maximum Gasteiger partial charge on any atom is 0.162 e. The van der Waals surface area contributed by atoms with Crippen molar-refractivity contribution in [3.8, 4) is 90.7 Å². The minimum Gasteiger partial charge on any atom is -0.308 e. The molecule has 0 atom stereocenters. The van der Waals surface area contributed by atoms with Crippen LogP contribution in [0.2, 0.25) is 0 Å². The van der Waals surface area contributed by atoms with E-state index in [2.05, 4.69) is 133 Å². The van der Waals surface area contributed by atoms with Gasteiger partial charge in [0.05, 0.1) is 51.1 Å². The third-order valence-corrected chi connectivity index (χ3v) is 11.8. The molecule has 0 bridgehead atoms. The van der Waals surface area contributed by atoms with Crippen molar-refractivity contribution in [1.82, 2.24) is 24.5 Å². The molecule has 0 aliphatic carbocycles. The first kappa shape index (κ1) is 38.2. The second-order valence-corrected chi connectivity index (χ2v) is 15.8. The van der Waals surface area contributed by atoms with Gasteiger partial charge < -0.3 is 4.57 Å². The lowest BCUT2D eigenvalue weighted by Gasteiger charge is -2.20. The highest BCUT2D eigenvalue weighted by Gasteiger charge is 2.26. The molecule has 0 saturated carbocycles. The average Bonchev–Trinajstić information content (AvgIpc) is 3.70. The SMILES string of the molecule is Cc1ccccc1-c1ccc2c3ccccc3n(-c3c(-c4nc(-c5ccccc5)cc(-c5ccccc5)n4)cc(C#N)cc3-c3nc(-c4ccccc4)cc(-c4ccccc4)n3)c2c1. The number of hydrogen-bond acceptors (Lipinski definition) is 5. The first-order valence-corrected chi connectivity index (χ1v) is 21.3.